The van der Waals surface area contributed by atoms with Gasteiger partial charge in [0, 0.05) is 67.9 Å². The fraction of sp³-hybridized carbons (Fsp3) is 0.532. The first-order chi connectivity index (χ1) is 41.2. The summed E-state index contributed by atoms with van der Waals surface area (Å²) in [5.74, 6) is -3.47. The Hall–Kier alpha value is -7.46. The number of aromatic nitrogens is 1. The number of H-pyrrole nitrogens is 1. The number of nitrogens with two attached hydrogens (primary N) is 1. The number of carbonyl (C=O) groups is 9. The highest BCUT2D eigenvalue weighted by molar-refractivity contribution is 7.72. The smallest absolute Gasteiger partial charge is 0.370 e. The molecule has 3 aromatic carbocycles. The summed E-state index contributed by atoms with van der Waals surface area (Å²) < 4.78 is 29.9. The molecule has 7 N–H and O–H groups in total. The van der Waals surface area contributed by atoms with Gasteiger partial charge in [-0.05, 0) is 149 Å². The van der Waals surface area contributed by atoms with Crippen LogP contribution in [-0.2, 0) is 64.9 Å². The van der Waals surface area contributed by atoms with Crippen LogP contribution in [0.2, 0.25) is 0 Å². The molecule has 24 heteroatoms. The highest BCUT2D eigenvalue weighted by Crippen LogP contribution is 2.51. The molecular weight excluding hydrogens is 1120 g/mol. The van der Waals surface area contributed by atoms with Gasteiger partial charge in [0.25, 0.3) is 11.4 Å². The molecule has 5 aliphatic rings. The van der Waals surface area contributed by atoms with E-state index < -0.39 is 72.9 Å². The number of aryl methyl sites for hydroxylation is 1. The van der Waals surface area contributed by atoms with Gasteiger partial charge in [-0.25, -0.2) is 0 Å². The summed E-state index contributed by atoms with van der Waals surface area (Å²) in [6.07, 6.45) is 5.94. The van der Waals surface area contributed by atoms with Gasteiger partial charge in [0.05, 0.1) is 24.6 Å². The molecule has 0 radical (unpaired) electrons. The third kappa shape index (κ3) is 14.7. The number of rotatable bonds is 22. The van der Waals surface area contributed by atoms with Crippen LogP contribution < -0.4 is 36.8 Å². The predicted molar refractivity (Wildman–Crippen MR) is 320 cm³/mol. The van der Waals surface area contributed by atoms with Crippen molar-refractivity contribution in [1.82, 2.24) is 36.1 Å². The Morgan fingerprint density at radius 1 is 0.837 bits per heavy atom. The molecule has 462 valence electrons. The number of nitrogens with zero attached hydrogens (tertiary/aromatic N) is 4. The van der Waals surface area contributed by atoms with Crippen molar-refractivity contribution in [2.45, 2.75) is 154 Å². The van der Waals surface area contributed by atoms with E-state index in [-0.39, 0.29) is 100 Å². The number of primary amides is 1. The number of benzene rings is 3. The number of piperidine rings is 1. The molecular formula is C62H81N10O13P. The molecule has 8 amide bonds. The maximum atomic E-state index is 15.2. The van der Waals surface area contributed by atoms with Crippen LogP contribution in [-0.4, -0.2) is 145 Å². The molecule has 86 heavy (non-hydrogen) atoms. The van der Waals surface area contributed by atoms with E-state index in [4.69, 9.17) is 19.5 Å². The van der Waals surface area contributed by atoms with Gasteiger partial charge in [-0.1, -0.05) is 44.2 Å². The molecule has 4 fully saturated rings. The average Bonchev–Trinajstić information content (AvgIpc) is 2.12. The summed E-state index contributed by atoms with van der Waals surface area (Å²) in [7, 11) is -2.23. The molecule has 1 saturated carbocycles. The number of aromatic amines is 1. The molecule has 4 aromatic rings. The summed E-state index contributed by atoms with van der Waals surface area (Å²) in [6, 6.07) is 15.4. The first-order valence-electron chi connectivity index (χ1n) is 30.2. The second-order valence-corrected chi connectivity index (χ2v) is 25.5. The Morgan fingerprint density at radius 3 is 2.27 bits per heavy atom. The lowest BCUT2D eigenvalue weighted by Gasteiger charge is -2.40. The van der Waals surface area contributed by atoms with Crippen LogP contribution in [0.4, 0.5) is 11.4 Å². The van der Waals surface area contributed by atoms with E-state index in [0.717, 1.165) is 53.7 Å². The van der Waals surface area contributed by atoms with Gasteiger partial charge < -0.3 is 60.1 Å². The van der Waals surface area contributed by atoms with Gasteiger partial charge in [0.15, 0.2) is 0 Å². The van der Waals surface area contributed by atoms with Gasteiger partial charge in [-0.15, -0.1) is 0 Å². The van der Waals surface area contributed by atoms with Crippen LogP contribution in [0, 0.1) is 11.8 Å². The van der Waals surface area contributed by atoms with Crippen molar-refractivity contribution in [3.63, 3.8) is 0 Å². The number of nitrogens with one attached hydrogen (secondary N) is 5. The fourth-order valence-electron chi connectivity index (χ4n) is 12.6. The quantitative estimate of drug-likeness (QED) is 0.0395. The highest BCUT2D eigenvalue weighted by Gasteiger charge is 2.47. The van der Waals surface area contributed by atoms with E-state index in [1.54, 1.807) is 24.8 Å². The first kappa shape index (κ1) is 63.1. The number of amides is 8. The lowest BCUT2D eigenvalue weighted by Crippen LogP contribution is -2.62. The van der Waals surface area contributed by atoms with Crippen LogP contribution in [0.25, 0.3) is 10.9 Å². The largest absolute Gasteiger partial charge is 0.401 e. The molecule has 0 spiro atoms. The number of hydrogen-bond donors (Lipinski definition) is 6. The van der Waals surface area contributed by atoms with Gasteiger partial charge >= 0.3 is 7.60 Å². The van der Waals surface area contributed by atoms with Crippen molar-refractivity contribution in [2.24, 2.45) is 17.6 Å². The lowest BCUT2D eigenvalue weighted by molar-refractivity contribution is -0.147. The molecule has 1 aromatic heterocycles. The van der Waals surface area contributed by atoms with Gasteiger partial charge in [-0.3, -0.25) is 53.0 Å². The van der Waals surface area contributed by atoms with Crippen LogP contribution >= 0.6 is 7.60 Å². The number of fused-ring (bicyclic) bond motifs is 3. The lowest BCUT2D eigenvalue weighted by atomic mass is 9.79. The van der Waals surface area contributed by atoms with E-state index >= 15 is 4.79 Å². The number of carbonyl (C=O) groups excluding carboxylic acids is 9. The Morgan fingerprint density at radius 2 is 1.57 bits per heavy atom. The standard InChI is InChI=1S/C62H81N10O13P/c1-6-84-86(82,85-7-2)62(81)43-19-21-46-44(31-43)32-48(65-46)57(76)67-49-34-70(29-28-45-20-24-52(72(45)61(49)80)59(78)66-47(22-26-54(63)73)56(75)64-33-40-12-15-41(16-13-40)37(3)4)60(79)42-17-10-38(11-18-42)8-9-39-14-23-50-53(30-39)69(5)35-83-36-71(50)51-25-27-55(74)68-58(51)77/h12-16,19,21,23,30-32,37-38,42,45,47,49,51-52,65H,6-11,17-18,20,22,24-29,33-36H2,1-5H3,(H2,63,73)(H,64,75)(H,66,78)(H,67,76)(H,68,74,77)/t38-,42+,45-,47+,49+,51?,52+/m1/s1. The highest BCUT2D eigenvalue weighted by atomic mass is 31.2. The zero-order valence-electron chi connectivity index (χ0n) is 49.7. The zero-order valence-corrected chi connectivity index (χ0v) is 50.6. The van der Waals surface area contributed by atoms with Crippen LogP contribution in [0.3, 0.4) is 0 Å². The van der Waals surface area contributed by atoms with Crippen molar-refractivity contribution >= 4 is 82.7 Å². The molecule has 3 saturated heterocycles. The third-order valence-corrected chi connectivity index (χ3v) is 19.3. The zero-order chi connectivity index (χ0) is 61.4. The minimum Gasteiger partial charge on any atom is -0.370 e. The van der Waals surface area contributed by atoms with Gasteiger partial charge in [0.2, 0.25) is 41.4 Å². The van der Waals surface area contributed by atoms with E-state index in [2.05, 4.69) is 52.2 Å². The van der Waals surface area contributed by atoms with Crippen molar-refractivity contribution in [3.8, 4) is 0 Å². The minimum absolute atomic E-state index is 0.0257. The van der Waals surface area contributed by atoms with E-state index in [1.807, 2.05) is 47.2 Å². The number of hydrogen-bond acceptors (Lipinski definition) is 15. The van der Waals surface area contributed by atoms with E-state index in [9.17, 15) is 42.9 Å². The minimum atomic E-state index is -4.17. The summed E-state index contributed by atoms with van der Waals surface area (Å²) in [4.78, 5) is 133. The number of imide groups is 1. The van der Waals surface area contributed by atoms with Crippen molar-refractivity contribution in [3.05, 3.63) is 94.7 Å². The van der Waals surface area contributed by atoms with Gasteiger partial charge in [-0.2, -0.15) is 0 Å². The maximum absolute atomic E-state index is 15.2. The van der Waals surface area contributed by atoms with Crippen LogP contribution in [0.1, 0.15) is 148 Å². The van der Waals surface area contributed by atoms with Crippen molar-refractivity contribution in [1.29, 1.82) is 0 Å². The predicted octanol–water partition coefficient (Wildman–Crippen LogP) is 5.89. The van der Waals surface area contributed by atoms with Crippen molar-refractivity contribution in [2.75, 3.05) is 56.6 Å². The second-order valence-electron chi connectivity index (χ2n) is 23.6. The Labute approximate surface area is 501 Å². The summed E-state index contributed by atoms with van der Waals surface area (Å²) in [5.41, 5.74) is 10.1. The Balaban J connectivity index is 0.897. The van der Waals surface area contributed by atoms with E-state index in [1.165, 1.54) is 23.1 Å². The molecule has 4 aliphatic heterocycles. The second kappa shape index (κ2) is 27.9. The number of anilines is 2. The molecule has 5 heterocycles. The Bertz CT molecular complexity index is 3240. The third-order valence-electron chi connectivity index (χ3n) is 17.4. The Kier molecular flexibility index (Phi) is 20.5. The van der Waals surface area contributed by atoms with Crippen molar-refractivity contribution < 1.29 is 61.5 Å². The molecule has 9 rings (SSSR count). The summed E-state index contributed by atoms with van der Waals surface area (Å²) in [5, 5.41) is 11.5. The fourth-order valence-corrected chi connectivity index (χ4v) is 14.1. The van der Waals surface area contributed by atoms with Crippen LogP contribution in [0.15, 0.2) is 66.7 Å². The normalized spacial score (nSPS) is 22.3. The summed E-state index contributed by atoms with van der Waals surface area (Å²) in [6.45, 7) is 8.07. The maximum Gasteiger partial charge on any atom is 0.401 e. The molecule has 1 aliphatic carbocycles. The first-order valence-corrected chi connectivity index (χ1v) is 31.7. The van der Waals surface area contributed by atoms with Crippen LogP contribution in [0.5, 0.6) is 0 Å². The topological polar surface area (TPSA) is 301 Å². The molecule has 1 unspecified atom stereocenters. The summed E-state index contributed by atoms with van der Waals surface area (Å²) >= 11 is 0. The van der Waals surface area contributed by atoms with Gasteiger partial charge in [0.1, 0.15) is 43.3 Å². The SMILES string of the molecule is CCOP(=O)(OCC)C(=O)c1ccc2[nH]c(C(=O)N[C@H]3CN(C(=O)[C@H]4CC[C@@H](CCc5ccc6c(c5)N(C)COCN6C5CCC(=O)NC5=O)CC4)CC[C@H]4CC[C@@H](C(=O)N[C@@H](CCC(N)=O)C(=O)NCc5ccc(C(C)C)cc5)N4C3=O)cc2c1. The van der Waals surface area contributed by atoms with E-state index in [0.29, 0.717) is 61.6 Å². The monoisotopic (exact) mass is 1200 g/mol. The molecule has 5 atom stereocenters. The number of ether oxygens (including phenoxy) is 1. The average molecular weight is 1210 g/mol. The molecule has 0 bridgehead atoms. The molecule has 23 nitrogen and oxygen atoms in total.